The molecule has 1 aromatic heterocycles. The van der Waals surface area contributed by atoms with Crippen LogP contribution in [-0.4, -0.2) is 21.9 Å². The highest BCUT2D eigenvalue weighted by molar-refractivity contribution is 5.90. The van der Waals surface area contributed by atoms with E-state index in [1.165, 1.54) is 28.1 Å². The molecule has 0 saturated carbocycles. The molecule has 3 rings (SSSR count). The average molecular weight is 254 g/mol. The van der Waals surface area contributed by atoms with Crippen LogP contribution in [0, 0.1) is 0 Å². The number of hydrogen-bond acceptors (Lipinski definition) is 1. The zero-order valence-electron chi connectivity index (χ0n) is 11.2. The van der Waals surface area contributed by atoms with E-state index >= 15 is 0 Å². The number of benzene rings is 1. The summed E-state index contributed by atoms with van der Waals surface area (Å²) in [5.41, 5.74) is 3.88. The molecule has 1 aromatic carbocycles. The van der Waals surface area contributed by atoms with E-state index in [4.69, 9.17) is 0 Å². The van der Waals surface area contributed by atoms with E-state index in [0.717, 1.165) is 19.5 Å². The number of aromatic nitrogens is 1. The molecule has 1 aliphatic rings. The quantitative estimate of drug-likeness (QED) is 0.756. The van der Waals surface area contributed by atoms with Crippen molar-refractivity contribution in [2.75, 3.05) is 6.54 Å². The number of hydrogen-bond donors (Lipinski definition) is 0. The zero-order valence-corrected chi connectivity index (χ0v) is 11.2. The molecule has 3 nitrogen and oxygen atoms in total. The molecule has 19 heavy (non-hydrogen) atoms. The smallest absolute Gasteiger partial charge is 0.246 e. The topological polar surface area (TPSA) is 25.2 Å². The largest absolute Gasteiger partial charge is 0.347 e. The molecule has 0 atom stereocenters. The first-order valence-corrected chi connectivity index (χ1v) is 6.75. The molecule has 0 spiro atoms. The average Bonchev–Trinajstić information content (AvgIpc) is 2.70. The number of carbonyl (C=O) groups is 1. The van der Waals surface area contributed by atoms with Gasteiger partial charge in [-0.05, 0) is 36.6 Å². The maximum Gasteiger partial charge on any atom is 0.246 e. The SMILES string of the molecule is C=CC(=O)N1CCc2cn(CC)c3cccc(c23)C1. The van der Waals surface area contributed by atoms with Gasteiger partial charge in [0, 0.05) is 36.7 Å². The second-order valence-electron chi connectivity index (χ2n) is 4.97. The highest BCUT2D eigenvalue weighted by Crippen LogP contribution is 2.29. The fourth-order valence-electron chi connectivity index (χ4n) is 2.96. The van der Waals surface area contributed by atoms with Crippen LogP contribution in [0.15, 0.2) is 37.1 Å². The molecule has 2 aromatic rings. The summed E-state index contributed by atoms with van der Waals surface area (Å²) in [5.74, 6) is 0.0190. The lowest BCUT2D eigenvalue weighted by molar-refractivity contribution is -0.126. The molecule has 0 radical (unpaired) electrons. The summed E-state index contributed by atoms with van der Waals surface area (Å²) in [7, 11) is 0. The van der Waals surface area contributed by atoms with Crippen molar-refractivity contribution in [1.29, 1.82) is 0 Å². The van der Waals surface area contributed by atoms with Crippen molar-refractivity contribution in [2.45, 2.75) is 26.4 Å². The minimum atomic E-state index is 0.0190. The molecule has 2 heterocycles. The molecular formula is C16H18N2O. The normalized spacial score (nSPS) is 14.5. The number of nitrogens with zero attached hydrogens (tertiary/aromatic N) is 2. The Morgan fingerprint density at radius 1 is 1.42 bits per heavy atom. The second kappa shape index (κ2) is 4.57. The van der Waals surface area contributed by atoms with Gasteiger partial charge in [-0.2, -0.15) is 0 Å². The van der Waals surface area contributed by atoms with Crippen LogP contribution < -0.4 is 0 Å². The molecule has 1 amide bonds. The van der Waals surface area contributed by atoms with Gasteiger partial charge in [-0.3, -0.25) is 4.79 Å². The minimum Gasteiger partial charge on any atom is -0.347 e. The minimum absolute atomic E-state index is 0.0190. The van der Waals surface area contributed by atoms with Crippen molar-refractivity contribution in [3.63, 3.8) is 0 Å². The van der Waals surface area contributed by atoms with E-state index in [2.05, 4.69) is 42.5 Å². The van der Waals surface area contributed by atoms with E-state index in [1.54, 1.807) is 0 Å². The summed E-state index contributed by atoms with van der Waals surface area (Å²) in [6.45, 7) is 8.18. The Morgan fingerprint density at radius 2 is 2.26 bits per heavy atom. The lowest BCUT2D eigenvalue weighted by Gasteiger charge is -2.19. The first-order valence-electron chi connectivity index (χ1n) is 6.75. The molecule has 0 bridgehead atoms. The van der Waals surface area contributed by atoms with Crippen LogP contribution in [0.5, 0.6) is 0 Å². The van der Waals surface area contributed by atoms with Gasteiger partial charge in [0.2, 0.25) is 5.91 Å². The van der Waals surface area contributed by atoms with Gasteiger partial charge in [-0.15, -0.1) is 0 Å². The molecule has 98 valence electrons. The van der Waals surface area contributed by atoms with E-state index in [-0.39, 0.29) is 5.91 Å². The van der Waals surface area contributed by atoms with Crippen molar-refractivity contribution in [2.24, 2.45) is 0 Å². The van der Waals surface area contributed by atoms with E-state index in [0.29, 0.717) is 6.54 Å². The van der Waals surface area contributed by atoms with Gasteiger partial charge in [0.1, 0.15) is 0 Å². The number of aryl methyl sites for hydroxylation is 1. The predicted octanol–water partition coefficient (Wildman–Crippen LogP) is 2.73. The monoisotopic (exact) mass is 254 g/mol. The molecule has 0 N–H and O–H groups in total. The van der Waals surface area contributed by atoms with Gasteiger partial charge in [0.25, 0.3) is 0 Å². The molecule has 0 fully saturated rings. The number of carbonyl (C=O) groups excluding carboxylic acids is 1. The van der Waals surface area contributed by atoms with Crippen LogP contribution in [-0.2, 0) is 24.3 Å². The Labute approximate surface area is 113 Å². The van der Waals surface area contributed by atoms with E-state index in [1.807, 2.05) is 4.90 Å². The lowest BCUT2D eigenvalue weighted by Crippen LogP contribution is -2.29. The Hall–Kier alpha value is -2.03. The maximum atomic E-state index is 11.8. The van der Waals surface area contributed by atoms with Crippen LogP contribution in [0.2, 0.25) is 0 Å². The summed E-state index contributed by atoms with van der Waals surface area (Å²) >= 11 is 0. The van der Waals surface area contributed by atoms with Crippen molar-refractivity contribution in [1.82, 2.24) is 9.47 Å². The summed E-state index contributed by atoms with van der Waals surface area (Å²) in [6, 6.07) is 6.37. The molecule has 1 aliphatic heterocycles. The molecule has 0 saturated heterocycles. The first-order chi connectivity index (χ1) is 9.24. The van der Waals surface area contributed by atoms with Gasteiger partial charge >= 0.3 is 0 Å². The van der Waals surface area contributed by atoms with Crippen LogP contribution in [0.25, 0.3) is 10.9 Å². The highest BCUT2D eigenvalue weighted by Gasteiger charge is 2.20. The summed E-state index contributed by atoms with van der Waals surface area (Å²) < 4.78 is 2.29. The van der Waals surface area contributed by atoms with E-state index in [9.17, 15) is 4.79 Å². The molecule has 0 aliphatic carbocycles. The molecule has 0 unspecified atom stereocenters. The highest BCUT2D eigenvalue weighted by atomic mass is 16.2. The fraction of sp³-hybridized carbons (Fsp3) is 0.312. The van der Waals surface area contributed by atoms with Gasteiger partial charge in [-0.1, -0.05) is 18.7 Å². The van der Waals surface area contributed by atoms with Crippen molar-refractivity contribution >= 4 is 16.8 Å². The third kappa shape index (κ3) is 1.86. The van der Waals surface area contributed by atoms with Gasteiger partial charge in [-0.25, -0.2) is 0 Å². The van der Waals surface area contributed by atoms with Gasteiger partial charge in [0.05, 0.1) is 0 Å². The number of amides is 1. The zero-order chi connectivity index (χ0) is 13.4. The Balaban J connectivity index is 2.13. The first kappa shape index (κ1) is 12.0. The van der Waals surface area contributed by atoms with Crippen LogP contribution in [0.4, 0.5) is 0 Å². The third-order valence-electron chi connectivity index (χ3n) is 3.91. The Bertz CT molecular complexity index is 654. The van der Waals surface area contributed by atoms with Gasteiger partial charge in [0.15, 0.2) is 0 Å². The Morgan fingerprint density at radius 3 is 3.00 bits per heavy atom. The summed E-state index contributed by atoms with van der Waals surface area (Å²) in [6.07, 6.45) is 4.55. The van der Waals surface area contributed by atoms with Crippen LogP contribution in [0.1, 0.15) is 18.1 Å². The van der Waals surface area contributed by atoms with Crippen molar-refractivity contribution < 1.29 is 4.79 Å². The van der Waals surface area contributed by atoms with Crippen LogP contribution in [0.3, 0.4) is 0 Å². The third-order valence-corrected chi connectivity index (χ3v) is 3.91. The predicted molar refractivity (Wildman–Crippen MR) is 76.9 cm³/mol. The summed E-state index contributed by atoms with van der Waals surface area (Å²) in [5, 5.41) is 1.34. The van der Waals surface area contributed by atoms with E-state index < -0.39 is 0 Å². The Kier molecular flexibility index (Phi) is 2.90. The number of rotatable bonds is 2. The fourth-order valence-corrected chi connectivity index (χ4v) is 2.96. The van der Waals surface area contributed by atoms with Crippen molar-refractivity contribution in [3.8, 4) is 0 Å². The summed E-state index contributed by atoms with van der Waals surface area (Å²) in [4.78, 5) is 13.7. The lowest BCUT2D eigenvalue weighted by atomic mass is 10.1. The standard InChI is InChI=1S/C16H18N2O/c1-3-15(19)18-9-8-13-10-17(4-2)14-7-5-6-12(11-18)16(13)14/h3,5-7,10H,1,4,8-9,11H2,2H3. The maximum absolute atomic E-state index is 11.8. The molecule has 3 heteroatoms. The van der Waals surface area contributed by atoms with Crippen LogP contribution >= 0.6 is 0 Å². The van der Waals surface area contributed by atoms with Gasteiger partial charge < -0.3 is 9.47 Å². The molecular weight excluding hydrogens is 236 g/mol. The van der Waals surface area contributed by atoms with Crippen molar-refractivity contribution in [3.05, 3.63) is 48.2 Å². The second-order valence-corrected chi connectivity index (χ2v) is 4.97.